The van der Waals surface area contributed by atoms with Crippen LogP contribution in [0.2, 0.25) is 0 Å². The molecule has 170 valence electrons. The van der Waals surface area contributed by atoms with E-state index in [0.717, 1.165) is 11.1 Å². The average molecular weight is 576 g/mol. The first-order valence-corrected chi connectivity index (χ1v) is 11.6. The fraction of sp³-hybridized carbons (Fsp3) is 0.200. The molecule has 0 fully saturated rings. The molecule has 33 heavy (non-hydrogen) atoms. The molecule has 1 aliphatic heterocycles. The first kappa shape index (κ1) is 23.3. The van der Waals surface area contributed by atoms with E-state index >= 15 is 0 Å². The zero-order chi connectivity index (χ0) is 24.4. The molecule has 3 N–H and O–H groups in total. The molecule has 0 aliphatic carbocycles. The zero-order valence-electron chi connectivity index (χ0n) is 18.2. The van der Waals surface area contributed by atoms with Crippen molar-refractivity contribution < 1.29 is 29.6 Å². The summed E-state index contributed by atoms with van der Waals surface area (Å²) in [4.78, 5) is 24.9. The number of carboxylic acid groups (broad SMARTS) is 1. The quantitative estimate of drug-likeness (QED) is 0.330. The smallest absolute Gasteiger partial charge is 0.340 e. The van der Waals surface area contributed by atoms with Crippen LogP contribution in [0.5, 0.6) is 11.5 Å². The number of aromatic carboxylic acids is 1. The minimum Gasteiger partial charge on any atom is -0.506 e. The van der Waals surface area contributed by atoms with Gasteiger partial charge >= 0.3 is 11.9 Å². The number of halogens is 2. The van der Waals surface area contributed by atoms with Crippen molar-refractivity contribution in [2.45, 2.75) is 33.3 Å². The molecule has 3 aromatic carbocycles. The van der Waals surface area contributed by atoms with Crippen LogP contribution in [0.1, 0.15) is 59.7 Å². The van der Waals surface area contributed by atoms with E-state index in [1.807, 2.05) is 13.8 Å². The summed E-state index contributed by atoms with van der Waals surface area (Å²) in [5.74, 6) is -2.20. The summed E-state index contributed by atoms with van der Waals surface area (Å²) in [6, 6.07) is 7.58. The highest BCUT2D eigenvalue weighted by atomic mass is 79.9. The van der Waals surface area contributed by atoms with E-state index in [1.165, 1.54) is 18.2 Å². The van der Waals surface area contributed by atoms with Crippen LogP contribution in [0.3, 0.4) is 0 Å². The van der Waals surface area contributed by atoms with Gasteiger partial charge in [-0.1, -0.05) is 0 Å². The number of carboxylic acids is 1. The van der Waals surface area contributed by atoms with Gasteiger partial charge in [-0.05, 0) is 112 Å². The fourth-order valence-electron chi connectivity index (χ4n) is 4.48. The van der Waals surface area contributed by atoms with Gasteiger partial charge in [-0.2, -0.15) is 0 Å². The lowest BCUT2D eigenvalue weighted by Crippen LogP contribution is -2.32. The number of carbonyl (C=O) groups is 2. The third-order valence-electron chi connectivity index (χ3n) is 6.36. The summed E-state index contributed by atoms with van der Waals surface area (Å²) < 4.78 is 6.83. The molecule has 0 aromatic heterocycles. The van der Waals surface area contributed by atoms with E-state index in [1.54, 1.807) is 26.0 Å². The predicted octanol–water partition coefficient (Wildman–Crippen LogP) is 6.02. The van der Waals surface area contributed by atoms with Crippen molar-refractivity contribution in [3.8, 4) is 11.5 Å². The standard InChI is InChI=1S/C25H20Br2O6/c1-10-7-17(26)21(28)19(12(10)3)25(20-13(4)11(2)8-18(27)22(20)29)16-9-14(23(30)31)5-6-15(16)24(32)33-25/h5-9,28-29H,1-4H3,(H,30,31). The fourth-order valence-corrected chi connectivity index (χ4v) is 5.56. The van der Waals surface area contributed by atoms with Gasteiger partial charge in [-0.25, -0.2) is 9.59 Å². The number of benzene rings is 3. The monoisotopic (exact) mass is 574 g/mol. The lowest BCUT2D eigenvalue weighted by molar-refractivity contribution is 0.0235. The Hall–Kier alpha value is -2.84. The molecule has 3 aromatic rings. The highest BCUT2D eigenvalue weighted by Gasteiger charge is 2.54. The third-order valence-corrected chi connectivity index (χ3v) is 7.57. The Morgan fingerprint density at radius 1 is 0.879 bits per heavy atom. The van der Waals surface area contributed by atoms with Gasteiger partial charge in [-0.3, -0.25) is 0 Å². The number of phenols is 2. The third kappa shape index (κ3) is 3.27. The van der Waals surface area contributed by atoms with Gasteiger partial charge in [0.25, 0.3) is 0 Å². The highest BCUT2D eigenvalue weighted by molar-refractivity contribution is 9.10. The molecule has 4 rings (SSSR count). The van der Waals surface area contributed by atoms with Gasteiger partial charge in [0.15, 0.2) is 5.60 Å². The van der Waals surface area contributed by atoms with Crippen LogP contribution in [0.4, 0.5) is 0 Å². The van der Waals surface area contributed by atoms with Crippen LogP contribution in [-0.2, 0) is 10.3 Å². The Kier molecular flexibility index (Phi) is 5.57. The number of aryl methyl sites for hydroxylation is 2. The normalized spacial score (nSPS) is 14.2. The molecule has 0 radical (unpaired) electrons. The van der Waals surface area contributed by atoms with Crippen LogP contribution < -0.4 is 0 Å². The molecule has 0 bridgehead atoms. The lowest BCUT2D eigenvalue weighted by atomic mass is 9.74. The van der Waals surface area contributed by atoms with Gasteiger partial charge in [-0.15, -0.1) is 0 Å². The first-order chi connectivity index (χ1) is 15.4. The van der Waals surface area contributed by atoms with E-state index in [-0.39, 0.29) is 39.3 Å². The van der Waals surface area contributed by atoms with Crippen molar-refractivity contribution in [1.29, 1.82) is 0 Å². The van der Waals surface area contributed by atoms with E-state index in [9.17, 15) is 24.9 Å². The Morgan fingerprint density at radius 2 is 1.36 bits per heavy atom. The first-order valence-electron chi connectivity index (χ1n) is 10.0. The van der Waals surface area contributed by atoms with Gasteiger partial charge in [0.2, 0.25) is 0 Å². The highest BCUT2D eigenvalue weighted by Crippen LogP contribution is 2.56. The Labute approximate surface area is 207 Å². The molecular weight excluding hydrogens is 556 g/mol. The topological polar surface area (TPSA) is 104 Å². The van der Waals surface area contributed by atoms with Crippen molar-refractivity contribution in [2.75, 3.05) is 0 Å². The van der Waals surface area contributed by atoms with Gasteiger partial charge in [0.1, 0.15) is 11.5 Å². The predicted molar refractivity (Wildman–Crippen MR) is 129 cm³/mol. The number of ether oxygens (including phenoxy) is 1. The number of rotatable bonds is 3. The average Bonchev–Trinajstić information content (AvgIpc) is 3.03. The summed E-state index contributed by atoms with van der Waals surface area (Å²) in [7, 11) is 0. The number of carbonyl (C=O) groups excluding carboxylic acids is 1. The number of hydrogen-bond donors (Lipinski definition) is 3. The SMILES string of the molecule is Cc1cc(Br)c(O)c(C2(c3c(C)c(C)cc(Br)c3O)OC(=O)c3ccc(C(=O)O)cc32)c1C. The van der Waals surface area contributed by atoms with Crippen LogP contribution in [0.15, 0.2) is 39.3 Å². The van der Waals surface area contributed by atoms with Gasteiger partial charge < -0.3 is 20.1 Å². The molecular formula is C25H20Br2O6. The van der Waals surface area contributed by atoms with Crippen LogP contribution in [0.25, 0.3) is 0 Å². The Morgan fingerprint density at radius 3 is 1.82 bits per heavy atom. The van der Waals surface area contributed by atoms with Crippen molar-refractivity contribution in [3.05, 3.63) is 89.3 Å². The van der Waals surface area contributed by atoms with Crippen molar-refractivity contribution >= 4 is 43.8 Å². The van der Waals surface area contributed by atoms with Gasteiger partial charge in [0.05, 0.1) is 31.2 Å². The number of phenolic OH excluding ortho intramolecular Hbond substituents is 2. The van der Waals surface area contributed by atoms with E-state index in [0.29, 0.717) is 20.1 Å². The molecule has 1 heterocycles. The maximum Gasteiger partial charge on any atom is 0.340 e. The molecule has 8 heteroatoms. The Bertz CT molecular complexity index is 1260. The van der Waals surface area contributed by atoms with Crippen molar-refractivity contribution in [2.24, 2.45) is 0 Å². The number of cyclic esters (lactones) is 1. The van der Waals surface area contributed by atoms with Gasteiger partial charge in [0, 0.05) is 5.56 Å². The summed E-state index contributed by atoms with van der Waals surface area (Å²) in [6.07, 6.45) is 0. The molecule has 0 atom stereocenters. The van der Waals surface area contributed by atoms with Crippen LogP contribution in [-0.4, -0.2) is 27.3 Å². The molecule has 0 saturated heterocycles. The van der Waals surface area contributed by atoms with E-state index in [4.69, 9.17) is 4.74 Å². The molecule has 0 spiro atoms. The van der Waals surface area contributed by atoms with E-state index < -0.39 is 17.5 Å². The second-order valence-corrected chi connectivity index (χ2v) is 9.89. The van der Waals surface area contributed by atoms with Crippen molar-refractivity contribution in [3.63, 3.8) is 0 Å². The second-order valence-electron chi connectivity index (χ2n) is 8.18. The van der Waals surface area contributed by atoms with Crippen LogP contribution in [0, 0.1) is 27.7 Å². The maximum atomic E-state index is 13.1. The molecule has 1 aliphatic rings. The molecule has 0 amide bonds. The summed E-state index contributed by atoms with van der Waals surface area (Å²) in [5, 5.41) is 32.2. The molecule has 6 nitrogen and oxygen atoms in total. The number of hydrogen-bond acceptors (Lipinski definition) is 5. The number of aromatic hydroxyl groups is 2. The summed E-state index contributed by atoms with van der Waals surface area (Å²) in [6.45, 7) is 7.26. The molecule has 0 unspecified atom stereocenters. The van der Waals surface area contributed by atoms with Crippen molar-refractivity contribution in [1.82, 2.24) is 0 Å². The Balaban J connectivity index is 2.30. The van der Waals surface area contributed by atoms with Crippen LogP contribution >= 0.6 is 31.9 Å². The summed E-state index contributed by atoms with van der Waals surface area (Å²) >= 11 is 6.75. The minimum atomic E-state index is -1.79. The summed E-state index contributed by atoms with van der Waals surface area (Å²) in [5.41, 5.74) is 1.93. The number of fused-ring (bicyclic) bond motifs is 1. The van der Waals surface area contributed by atoms with E-state index in [2.05, 4.69) is 31.9 Å². The second kappa shape index (κ2) is 7.88. The molecule has 0 saturated carbocycles. The maximum absolute atomic E-state index is 13.1. The largest absolute Gasteiger partial charge is 0.506 e. The number of esters is 1. The lowest BCUT2D eigenvalue weighted by Gasteiger charge is -2.35. The zero-order valence-corrected chi connectivity index (χ0v) is 21.4. The minimum absolute atomic E-state index is 0.0517.